The quantitative estimate of drug-likeness (QED) is 0.910. The van der Waals surface area contributed by atoms with Crippen LogP contribution in [0.5, 0.6) is 0 Å². The van der Waals surface area contributed by atoms with E-state index < -0.39 is 0 Å². The maximum Gasteiger partial charge on any atom is 0.160 e. The monoisotopic (exact) mass is 320 g/mol. The van der Waals surface area contributed by atoms with Gasteiger partial charge >= 0.3 is 0 Å². The summed E-state index contributed by atoms with van der Waals surface area (Å²) in [6.07, 6.45) is 7.77. The number of rotatable bonds is 5. The Morgan fingerprint density at radius 3 is 3.00 bits per heavy atom. The largest absolute Gasteiger partial charge is 0.314 e. The van der Waals surface area contributed by atoms with Crippen LogP contribution in [0.2, 0.25) is 5.02 Å². The molecule has 1 saturated heterocycles. The number of pyridine rings is 1. The van der Waals surface area contributed by atoms with Gasteiger partial charge < -0.3 is 9.88 Å². The van der Waals surface area contributed by atoms with Crippen LogP contribution in [0, 0.1) is 5.92 Å². The van der Waals surface area contributed by atoms with E-state index in [9.17, 15) is 0 Å². The molecule has 0 aromatic carbocycles. The molecule has 0 amide bonds. The zero-order valence-corrected chi connectivity index (χ0v) is 14.2. The summed E-state index contributed by atoms with van der Waals surface area (Å²) in [5, 5.41) is 4.28. The van der Waals surface area contributed by atoms with Crippen molar-refractivity contribution in [1.82, 2.24) is 19.9 Å². The molecule has 1 fully saturated rings. The fourth-order valence-electron chi connectivity index (χ4n) is 3.24. The van der Waals surface area contributed by atoms with Crippen molar-refractivity contribution in [2.45, 2.75) is 58.5 Å². The van der Waals surface area contributed by atoms with Crippen LogP contribution in [0.25, 0.3) is 11.2 Å². The fraction of sp³-hybridized carbons (Fsp3) is 0.647. The van der Waals surface area contributed by atoms with Crippen molar-refractivity contribution in [1.29, 1.82) is 0 Å². The first-order valence-corrected chi connectivity index (χ1v) is 8.75. The predicted molar refractivity (Wildman–Crippen MR) is 91.3 cm³/mol. The Balaban J connectivity index is 1.84. The number of nitrogens with one attached hydrogen (secondary N) is 1. The van der Waals surface area contributed by atoms with Gasteiger partial charge in [0, 0.05) is 25.2 Å². The number of hydrogen-bond donors (Lipinski definition) is 1. The number of aromatic nitrogens is 3. The van der Waals surface area contributed by atoms with Gasteiger partial charge in [-0.05, 0) is 37.8 Å². The highest BCUT2D eigenvalue weighted by Gasteiger charge is 2.17. The number of aryl methyl sites for hydroxylation is 1. The van der Waals surface area contributed by atoms with Gasteiger partial charge in [-0.2, -0.15) is 0 Å². The Bertz CT molecular complexity index is 629. The predicted octanol–water partition coefficient (Wildman–Crippen LogP) is 3.82. The molecule has 0 saturated carbocycles. The Labute approximate surface area is 137 Å². The molecule has 5 heteroatoms. The Hall–Kier alpha value is -1.13. The summed E-state index contributed by atoms with van der Waals surface area (Å²) >= 11 is 6.06. The number of fused-ring (bicyclic) bond motifs is 1. The summed E-state index contributed by atoms with van der Waals surface area (Å²) in [4.78, 5) is 9.29. The number of nitrogens with zero attached hydrogens (tertiary/aromatic N) is 3. The van der Waals surface area contributed by atoms with Crippen molar-refractivity contribution in [2.75, 3.05) is 6.54 Å². The minimum atomic E-state index is 0.582. The molecule has 1 aliphatic rings. The number of imidazole rings is 1. The Kier molecular flexibility index (Phi) is 4.99. The summed E-state index contributed by atoms with van der Waals surface area (Å²) in [7, 11) is 0. The Morgan fingerprint density at radius 2 is 2.27 bits per heavy atom. The minimum Gasteiger partial charge on any atom is -0.314 e. The highest BCUT2D eigenvalue weighted by molar-refractivity contribution is 6.31. The lowest BCUT2D eigenvalue weighted by Gasteiger charge is -2.24. The molecule has 3 rings (SSSR count). The van der Waals surface area contributed by atoms with Crippen LogP contribution in [0.4, 0.5) is 0 Å². The van der Waals surface area contributed by atoms with Crippen LogP contribution in [0.3, 0.4) is 0 Å². The van der Waals surface area contributed by atoms with Crippen molar-refractivity contribution in [3.05, 3.63) is 23.1 Å². The molecule has 2 aromatic rings. The number of piperidine rings is 1. The van der Waals surface area contributed by atoms with Crippen molar-refractivity contribution in [3.8, 4) is 0 Å². The van der Waals surface area contributed by atoms with Gasteiger partial charge in [0.2, 0.25) is 0 Å². The van der Waals surface area contributed by atoms with Gasteiger partial charge in [-0.1, -0.05) is 31.9 Å². The normalized spacial score (nSPS) is 19.2. The van der Waals surface area contributed by atoms with Crippen LogP contribution in [-0.2, 0) is 13.0 Å². The molecule has 1 unspecified atom stereocenters. The van der Waals surface area contributed by atoms with Crippen molar-refractivity contribution >= 4 is 22.8 Å². The second-order valence-corrected chi connectivity index (χ2v) is 7.15. The fourth-order valence-corrected chi connectivity index (χ4v) is 3.40. The second kappa shape index (κ2) is 6.97. The molecule has 0 bridgehead atoms. The van der Waals surface area contributed by atoms with Gasteiger partial charge in [0.1, 0.15) is 11.3 Å². The molecule has 22 heavy (non-hydrogen) atoms. The number of hydrogen-bond acceptors (Lipinski definition) is 3. The zero-order valence-electron chi connectivity index (χ0n) is 13.5. The van der Waals surface area contributed by atoms with E-state index >= 15 is 0 Å². The third-order valence-corrected chi connectivity index (χ3v) is 4.54. The molecule has 1 atom stereocenters. The maximum atomic E-state index is 6.06. The standard InChI is InChI=1S/C17H25ClN4/c1-12(2)9-16-21-15-10-13(18)11-20-17(15)22(16)8-6-14-5-3-4-7-19-14/h10-12,14,19H,3-9H2,1-2H3. The zero-order chi connectivity index (χ0) is 15.5. The molecular weight excluding hydrogens is 296 g/mol. The van der Waals surface area contributed by atoms with Crippen LogP contribution < -0.4 is 5.32 Å². The first-order valence-electron chi connectivity index (χ1n) is 8.37. The lowest BCUT2D eigenvalue weighted by Crippen LogP contribution is -2.34. The summed E-state index contributed by atoms with van der Waals surface area (Å²) in [6.45, 7) is 6.59. The van der Waals surface area contributed by atoms with Gasteiger partial charge in [-0.25, -0.2) is 9.97 Å². The Morgan fingerprint density at radius 1 is 1.41 bits per heavy atom. The molecule has 120 valence electrons. The van der Waals surface area contributed by atoms with Crippen LogP contribution in [0.15, 0.2) is 12.3 Å². The van der Waals surface area contributed by atoms with Gasteiger partial charge in [-0.3, -0.25) is 0 Å². The summed E-state index contributed by atoms with van der Waals surface area (Å²) in [6, 6.07) is 2.55. The van der Waals surface area contributed by atoms with Crippen LogP contribution >= 0.6 is 11.6 Å². The van der Waals surface area contributed by atoms with Crippen molar-refractivity contribution < 1.29 is 0 Å². The summed E-state index contributed by atoms with van der Waals surface area (Å²) in [5.74, 6) is 1.72. The van der Waals surface area contributed by atoms with Crippen molar-refractivity contribution in [2.24, 2.45) is 5.92 Å². The van der Waals surface area contributed by atoms with E-state index in [1.54, 1.807) is 6.20 Å². The molecule has 2 aromatic heterocycles. The molecule has 0 aliphatic carbocycles. The highest BCUT2D eigenvalue weighted by atomic mass is 35.5. The van der Waals surface area contributed by atoms with E-state index in [0.29, 0.717) is 17.0 Å². The highest BCUT2D eigenvalue weighted by Crippen LogP contribution is 2.21. The molecule has 1 N–H and O–H groups in total. The van der Waals surface area contributed by atoms with Gasteiger partial charge in [0.15, 0.2) is 5.65 Å². The van der Waals surface area contributed by atoms with E-state index in [2.05, 4.69) is 28.7 Å². The topological polar surface area (TPSA) is 42.7 Å². The van der Waals surface area contributed by atoms with Crippen LogP contribution in [0.1, 0.15) is 45.4 Å². The molecular formula is C17H25ClN4. The van der Waals surface area contributed by atoms with Gasteiger partial charge in [0.05, 0.1) is 5.02 Å². The van der Waals surface area contributed by atoms with E-state index in [0.717, 1.165) is 42.9 Å². The maximum absolute atomic E-state index is 6.06. The molecule has 1 aliphatic heterocycles. The average Bonchev–Trinajstić information content (AvgIpc) is 2.81. The first-order chi connectivity index (χ1) is 10.6. The van der Waals surface area contributed by atoms with E-state index in [1.165, 1.54) is 19.3 Å². The van der Waals surface area contributed by atoms with E-state index in [1.807, 2.05) is 6.07 Å². The van der Waals surface area contributed by atoms with E-state index in [-0.39, 0.29) is 0 Å². The molecule has 4 nitrogen and oxygen atoms in total. The third-order valence-electron chi connectivity index (χ3n) is 4.33. The smallest absolute Gasteiger partial charge is 0.160 e. The van der Waals surface area contributed by atoms with Crippen LogP contribution in [-0.4, -0.2) is 27.1 Å². The lowest BCUT2D eigenvalue weighted by molar-refractivity contribution is 0.365. The lowest BCUT2D eigenvalue weighted by atomic mass is 10.0. The molecule has 3 heterocycles. The van der Waals surface area contributed by atoms with Gasteiger partial charge in [0.25, 0.3) is 0 Å². The van der Waals surface area contributed by atoms with Crippen molar-refractivity contribution in [3.63, 3.8) is 0 Å². The minimum absolute atomic E-state index is 0.582. The SMILES string of the molecule is CC(C)Cc1nc2cc(Cl)cnc2n1CCC1CCCCN1. The molecule has 0 radical (unpaired) electrons. The third kappa shape index (κ3) is 3.61. The summed E-state index contributed by atoms with van der Waals surface area (Å²) in [5.41, 5.74) is 1.88. The summed E-state index contributed by atoms with van der Waals surface area (Å²) < 4.78 is 2.29. The number of halogens is 1. The second-order valence-electron chi connectivity index (χ2n) is 6.71. The average molecular weight is 321 g/mol. The molecule has 0 spiro atoms. The van der Waals surface area contributed by atoms with Gasteiger partial charge in [-0.15, -0.1) is 0 Å². The first kappa shape index (κ1) is 15.8. The van der Waals surface area contributed by atoms with E-state index in [4.69, 9.17) is 16.6 Å².